The molecule has 1 saturated heterocycles. The van der Waals surface area contributed by atoms with Crippen LogP contribution in [0.2, 0.25) is 0 Å². The lowest BCUT2D eigenvalue weighted by atomic mass is 9.92. The van der Waals surface area contributed by atoms with Crippen molar-refractivity contribution in [2.75, 3.05) is 13.1 Å². The Bertz CT molecular complexity index is 202. The van der Waals surface area contributed by atoms with Crippen molar-refractivity contribution in [1.82, 2.24) is 4.90 Å². The van der Waals surface area contributed by atoms with Crippen LogP contribution in [0, 0.1) is 5.92 Å². The molecule has 1 aliphatic carbocycles. The van der Waals surface area contributed by atoms with E-state index in [1.807, 2.05) is 0 Å². The van der Waals surface area contributed by atoms with Gasteiger partial charge in [-0.1, -0.05) is 19.1 Å². The number of allylic oxidation sites excluding steroid dienone is 1. The predicted octanol–water partition coefficient (Wildman–Crippen LogP) is 1.76. The van der Waals surface area contributed by atoms with Gasteiger partial charge in [0.05, 0.1) is 0 Å². The van der Waals surface area contributed by atoms with Crippen LogP contribution in [0.4, 0.5) is 0 Å². The highest BCUT2D eigenvalue weighted by Gasteiger charge is 2.26. The van der Waals surface area contributed by atoms with Crippen LogP contribution in [-0.2, 0) is 0 Å². The molecule has 2 rings (SSSR count). The summed E-state index contributed by atoms with van der Waals surface area (Å²) in [6.45, 7) is 4.65. The SMILES string of the molecule is CC1CC(N)CN(C2C=CCCC2)C1. The first-order valence-electron chi connectivity index (χ1n) is 5.92. The third-order valence-electron chi connectivity index (χ3n) is 3.42. The topological polar surface area (TPSA) is 29.3 Å². The number of piperidine rings is 1. The zero-order valence-corrected chi connectivity index (χ0v) is 9.15. The van der Waals surface area contributed by atoms with Gasteiger partial charge in [0, 0.05) is 25.2 Å². The Balaban J connectivity index is 1.95. The van der Waals surface area contributed by atoms with Crippen molar-refractivity contribution in [3.05, 3.63) is 12.2 Å². The van der Waals surface area contributed by atoms with Crippen LogP contribution in [0.5, 0.6) is 0 Å². The maximum atomic E-state index is 6.06. The fourth-order valence-electron chi connectivity index (χ4n) is 2.81. The first-order chi connectivity index (χ1) is 6.75. The normalized spacial score (nSPS) is 40.0. The zero-order chi connectivity index (χ0) is 9.97. The molecule has 2 N–H and O–H groups in total. The minimum atomic E-state index is 0.397. The van der Waals surface area contributed by atoms with Crippen molar-refractivity contribution in [3.63, 3.8) is 0 Å². The fourth-order valence-corrected chi connectivity index (χ4v) is 2.81. The molecule has 0 amide bonds. The summed E-state index contributed by atoms with van der Waals surface area (Å²) in [4.78, 5) is 2.58. The van der Waals surface area contributed by atoms with E-state index in [0.29, 0.717) is 12.1 Å². The van der Waals surface area contributed by atoms with Gasteiger partial charge in [0.1, 0.15) is 0 Å². The number of likely N-dealkylation sites (tertiary alicyclic amines) is 1. The highest BCUT2D eigenvalue weighted by atomic mass is 15.2. The summed E-state index contributed by atoms with van der Waals surface area (Å²) >= 11 is 0. The minimum absolute atomic E-state index is 0.397. The van der Waals surface area contributed by atoms with Crippen LogP contribution >= 0.6 is 0 Å². The Morgan fingerprint density at radius 2 is 2.21 bits per heavy atom. The standard InChI is InChI=1S/C12H22N2/c1-10-7-11(13)9-14(8-10)12-5-3-2-4-6-12/h3,5,10-12H,2,4,6-9,13H2,1H3. The molecule has 0 bridgehead atoms. The van der Waals surface area contributed by atoms with E-state index >= 15 is 0 Å². The molecule has 0 saturated carbocycles. The van der Waals surface area contributed by atoms with Crippen molar-refractivity contribution in [2.24, 2.45) is 11.7 Å². The van der Waals surface area contributed by atoms with Gasteiger partial charge in [-0.3, -0.25) is 4.90 Å². The van der Waals surface area contributed by atoms with Gasteiger partial charge in [0.25, 0.3) is 0 Å². The molecular weight excluding hydrogens is 172 g/mol. The predicted molar refractivity (Wildman–Crippen MR) is 60.1 cm³/mol. The number of hydrogen-bond acceptors (Lipinski definition) is 2. The van der Waals surface area contributed by atoms with Gasteiger partial charge in [-0.15, -0.1) is 0 Å². The summed E-state index contributed by atoms with van der Waals surface area (Å²) in [5.41, 5.74) is 6.06. The first kappa shape index (κ1) is 10.2. The van der Waals surface area contributed by atoms with Crippen molar-refractivity contribution in [2.45, 2.75) is 44.7 Å². The van der Waals surface area contributed by atoms with Crippen LogP contribution < -0.4 is 5.73 Å². The second-order valence-electron chi connectivity index (χ2n) is 4.98. The average molecular weight is 194 g/mol. The van der Waals surface area contributed by atoms with E-state index < -0.39 is 0 Å². The fraction of sp³-hybridized carbons (Fsp3) is 0.833. The second-order valence-corrected chi connectivity index (χ2v) is 4.98. The lowest BCUT2D eigenvalue weighted by Gasteiger charge is -2.39. The molecule has 14 heavy (non-hydrogen) atoms. The van der Waals surface area contributed by atoms with Crippen molar-refractivity contribution >= 4 is 0 Å². The van der Waals surface area contributed by atoms with Crippen LogP contribution in [0.1, 0.15) is 32.6 Å². The van der Waals surface area contributed by atoms with Gasteiger partial charge in [-0.25, -0.2) is 0 Å². The van der Waals surface area contributed by atoms with Crippen molar-refractivity contribution in [3.8, 4) is 0 Å². The number of rotatable bonds is 1. The summed E-state index contributed by atoms with van der Waals surface area (Å²) in [6.07, 6.45) is 9.86. The molecule has 3 unspecified atom stereocenters. The Morgan fingerprint density at radius 1 is 1.36 bits per heavy atom. The molecule has 2 aliphatic rings. The maximum absolute atomic E-state index is 6.06. The van der Waals surface area contributed by atoms with Crippen molar-refractivity contribution < 1.29 is 0 Å². The molecule has 3 atom stereocenters. The van der Waals surface area contributed by atoms with E-state index in [0.717, 1.165) is 12.5 Å². The van der Waals surface area contributed by atoms with E-state index in [2.05, 4.69) is 24.0 Å². The van der Waals surface area contributed by atoms with Crippen LogP contribution in [0.25, 0.3) is 0 Å². The lowest BCUT2D eigenvalue weighted by molar-refractivity contribution is 0.129. The molecule has 1 aliphatic heterocycles. The molecule has 0 spiro atoms. The quantitative estimate of drug-likeness (QED) is 0.645. The molecule has 1 heterocycles. The van der Waals surface area contributed by atoms with E-state index in [4.69, 9.17) is 5.73 Å². The first-order valence-corrected chi connectivity index (χ1v) is 5.92. The van der Waals surface area contributed by atoms with Crippen molar-refractivity contribution in [1.29, 1.82) is 0 Å². The highest BCUT2D eigenvalue weighted by molar-refractivity contribution is 5.00. The Morgan fingerprint density at radius 3 is 2.86 bits per heavy atom. The Kier molecular flexibility index (Phi) is 3.24. The molecule has 2 nitrogen and oxygen atoms in total. The zero-order valence-electron chi connectivity index (χ0n) is 9.15. The maximum Gasteiger partial charge on any atom is 0.0279 e. The molecule has 0 radical (unpaired) electrons. The number of hydrogen-bond donors (Lipinski definition) is 1. The van der Waals surface area contributed by atoms with E-state index in [-0.39, 0.29) is 0 Å². The average Bonchev–Trinajstić information content (AvgIpc) is 2.18. The molecule has 0 aromatic heterocycles. The van der Waals surface area contributed by atoms with E-state index in [9.17, 15) is 0 Å². The monoisotopic (exact) mass is 194 g/mol. The molecule has 0 aromatic carbocycles. The van der Waals surface area contributed by atoms with Gasteiger partial charge in [-0.05, 0) is 31.6 Å². The third kappa shape index (κ3) is 2.37. The van der Waals surface area contributed by atoms with Gasteiger partial charge >= 0.3 is 0 Å². The van der Waals surface area contributed by atoms with E-state index in [1.165, 1.54) is 32.2 Å². The summed E-state index contributed by atoms with van der Waals surface area (Å²) < 4.78 is 0. The third-order valence-corrected chi connectivity index (χ3v) is 3.42. The van der Waals surface area contributed by atoms with Gasteiger partial charge in [-0.2, -0.15) is 0 Å². The molecule has 0 aromatic rings. The summed E-state index contributed by atoms with van der Waals surface area (Å²) in [5.74, 6) is 0.772. The molecular formula is C12H22N2. The van der Waals surface area contributed by atoms with E-state index in [1.54, 1.807) is 0 Å². The summed E-state index contributed by atoms with van der Waals surface area (Å²) in [6, 6.07) is 1.08. The summed E-state index contributed by atoms with van der Waals surface area (Å²) in [7, 11) is 0. The summed E-state index contributed by atoms with van der Waals surface area (Å²) in [5, 5.41) is 0. The van der Waals surface area contributed by atoms with Gasteiger partial charge in [0.2, 0.25) is 0 Å². The Labute approximate surface area is 87.2 Å². The molecule has 1 fully saturated rings. The molecule has 80 valence electrons. The minimum Gasteiger partial charge on any atom is -0.327 e. The van der Waals surface area contributed by atoms with Crippen LogP contribution in [0.3, 0.4) is 0 Å². The van der Waals surface area contributed by atoms with Crippen LogP contribution in [-0.4, -0.2) is 30.1 Å². The highest BCUT2D eigenvalue weighted by Crippen LogP contribution is 2.22. The number of nitrogens with zero attached hydrogens (tertiary/aromatic N) is 1. The molecule has 2 heteroatoms. The largest absolute Gasteiger partial charge is 0.327 e. The van der Waals surface area contributed by atoms with Gasteiger partial charge < -0.3 is 5.73 Å². The smallest absolute Gasteiger partial charge is 0.0279 e. The second kappa shape index (κ2) is 4.45. The van der Waals surface area contributed by atoms with Crippen LogP contribution in [0.15, 0.2) is 12.2 Å². The van der Waals surface area contributed by atoms with Gasteiger partial charge in [0.15, 0.2) is 0 Å². The Hall–Kier alpha value is -0.340. The lowest BCUT2D eigenvalue weighted by Crippen LogP contribution is -2.50. The number of nitrogens with two attached hydrogens (primary N) is 1.